The quantitative estimate of drug-likeness (QED) is 0.737. The van der Waals surface area contributed by atoms with Crippen LogP contribution in [0.4, 0.5) is 0 Å². The van der Waals surface area contributed by atoms with Crippen LogP contribution < -0.4 is 5.73 Å². The predicted molar refractivity (Wildman–Crippen MR) is 83.4 cm³/mol. The molecule has 2 N–H and O–H groups in total. The second-order valence-electron chi connectivity index (χ2n) is 4.52. The minimum absolute atomic E-state index is 0.435. The highest BCUT2D eigenvalue weighted by molar-refractivity contribution is 7.80. The van der Waals surface area contributed by atoms with Gasteiger partial charge in [0, 0.05) is 12.7 Å². The van der Waals surface area contributed by atoms with Crippen molar-refractivity contribution >= 4 is 28.0 Å². The molecule has 0 bridgehead atoms. The van der Waals surface area contributed by atoms with Gasteiger partial charge < -0.3 is 10.3 Å². The van der Waals surface area contributed by atoms with Crippen molar-refractivity contribution in [3.05, 3.63) is 72.1 Å². The van der Waals surface area contributed by atoms with E-state index < -0.39 is 0 Å². The SMILES string of the molecule is NC(=S)c1cccn1Cc1cccc2ccccc12. The van der Waals surface area contributed by atoms with Gasteiger partial charge in [-0.2, -0.15) is 0 Å². The van der Waals surface area contributed by atoms with Crippen LogP contribution in [0.1, 0.15) is 11.3 Å². The van der Waals surface area contributed by atoms with Gasteiger partial charge in [-0.15, -0.1) is 0 Å². The highest BCUT2D eigenvalue weighted by Gasteiger charge is 2.06. The maximum absolute atomic E-state index is 5.74. The standard InChI is InChI=1S/C16H14N2S/c17-16(19)15-9-4-10-18(15)11-13-7-3-6-12-5-1-2-8-14(12)13/h1-10H,11H2,(H2,17,19). The van der Waals surface area contributed by atoms with Crippen LogP contribution in [0.5, 0.6) is 0 Å². The van der Waals surface area contributed by atoms with Crippen molar-refractivity contribution in [2.45, 2.75) is 6.54 Å². The Morgan fingerprint density at radius 3 is 2.63 bits per heavy atom. The topological polar surface area (TPSA) is 30.9 Å². The minimum Gasteiger partial charge on any atom is -0.388 e. The number of nitrogens with zero attached hydrogens (tertiary/aromatic N) is 1. The lowest BCUT2D eigenvalue weighted by atomic mass is 10.0. The third-order valence-corrected chi connectivity index (χ3v) is 3.51. The monoisotopic (exact) mass is 266 g/mol. The summed E-state index contributed by atoms with van der Waals surface area (Å²) in [6, 6.07) is 18.7. The van der Waals surface area contributed by atoms with E-state index in [9.17, 15) is 0 Å². The molecule has 2 nitrogen and oxygen atoms in total. The van der Waals surface area contributed by atoms with Gasteiger partial charge in [-0.25, -0.2) is 0 Å². The normalized spacial score (nSPS) is 10.7. The molecule has 0 aliphatic heterocycles. The number of rotatable bonds is 3. The number of benzene rings is 2. The van der Waals surface area contributed by atoms with Crippen molar-refractivity contribution in [2.24, 2.45) is 5.73 Å². The number of thiocarbonyl (C=S) groups is 1. The summed E-state index contributed by atoms with van der Waals surface area (Å²) >= 11 is 5.07. The Balaban J connectivity index is 2.06. The van der Waals surface area contributed by atoms with E-state index in [1.807, 2.05) is 18.3 Å². The zero-order chi connectivity index (χ0) is 13.2. The molecule has 0 aliphatic rings. The van der Waals surface area contributed by atoms with Gasteiger partial charge in [-0.05, 0) is 28.5 Å². The molecule has 0 saturated heterocycles. The third kappa shape index (κ3) is 2.25. The minimum atomic E-state index is 0.435. The molecule has 0 aliphatic carbocycles. The summed E-state index contributed by atoms with van der Waals surface area (Å²) in [5, 5.41) is 2.52. The van der Waals surface area contributed by atoms with Gasteiger partial charge in [0.15, 0.2) is 0 Å². The Hall–Kier alpha value is -2.13. The number of fused-ring (bicyclic) bond motifs is 1. The van der Waals surface area contributed by atoms with Gasteiger partial charge in [0.25, 0.3) is 0 Å². The summed E-state index contributed by atoms with van der Waals surface area (Å²) in [6.45, 7) is 0.779. The molecule has 0 fully saturated rings. The van der Waals surface area contributed by atoms with E-state index in [2.05, 4.69) is 47.0 Å². The Morgan fingerprint density at radius 1 is 1.00 bits per heavy atom. The van der Waals surface area contributed by atoms with E-state index in [4.69, 9.17) is 18.0 Å². The molecule has 19 heavy (non-hydrogen) atoms. The third-order valence-electron chi connectivity index (χ3n) is 3.30. The average Bonchev–Trinajstić information content (AvgIpc) is 2.87. The van der Waals surface area contributed by atoms with Gasteiger partial charge >= 0.3 is 0 Å². The van der Waals surface area contributed by atoms with E-state index in [0.29, 0.717) is 4.99 Å². The van der Waals surface area contributed by atoms with Crippen LogP contribution >= 0.6 is 12.2 Å². The summed E-state index contributed by atoms with van der Waals surface area (Å²) < 4.78 is 2.09. The van der Waals surface area contributed by atoms with Crippen LogP contribution in [0, 0.1) is 0 Å². The van der Waals surface area contributed by atoms with Crippen molar-refractivity contribution in [1.29, 1.82) is 0 Å². The van der Waals surface area contributed by atoms with Crippen molar-refractivity contribution in [3.8, 4) is 0 Å². The molecule has 0 amide bonds. The smallest absolute Gasteiger partial charge is 0.120 e. The second-order valence-corrected chi connectivity index (χ2v) is 4.96. The molecule has 0 radical (unpaired) electrons. The molecule has 3 aromatic rings. The van der Waals surface area contributed by atoms with Crippen LogP contribution in [-0.2, 0) is 6.54 Å². The van der Waals surface area contributed by atoms with Crippen molar-refractivity contribution in [3.63, 3.8) is 0 Å². The van der Waals surface area contributed by atoms with Crippen molar-refractivity contribution in [1.82, 2.24) is 4.57 Å². The largest absolute Gasteiger partial charge is 0.388 e. The second kappa shape index (κ2) is 4.86. The summed E-state index contributed by atoms with van der Waals surface area (Å²) in [4.78, 5) is 0.435. The molecular formula is C16H14N2S. The first-order valence-corrected chi connectivity index (χ1v) is 6.58. The number of aromatic nitrogens is 1. The highest BCUT2D eigenvalue weighted by Crippen LogP contribution is 2.20. The fourth-order valence-electron chi connectivity index (χ4n) is 2.39. The van der Waals surface area contributed by atoms with E-state index in [-0.39, 0.29) is 0 Å². The van der Waals surface area contributed by atoms with Crippen LogP contribution in [0.3, 0.4) is 0 Å². The fourth-order valence-corrected chi connectivity index (χ4v) is 2.57. The lowest BCUT2D eigenvalue weighted by molar-refractivity contribution is 0.804. The summed E-state index contributed by atoms with van der Waals surface area (Å²) in [5.74, 6) is 0. The lowest BCUT2D eigenvalue weighted by Crippen LogP contribution is -2.15. The first-order chi connectivity index (χ1) is 9.25. The maximum atomic E-state index is 5.74. The molecule has 0 saturated carbocycles. The molecule has 0 spiro atoms. The van der Waals surface area contributed by atoms with Crippen LogP contribution in [0.2, 0.25) is 0 Å². The van der Waals surface area contributed by atoms with Crippen molar-refractivity contribution in [2.75, 3.05) is 0 Å². The Morgan fingerprint density at radius 2 is 1.79 bits per heavy atom. The van der Waals surface area contributed by atoms with Gasteiger partial charge in [0.1, 0.15) is 4.99 Å². The predicted octanol–water partition coefficient (Wildman–Crippen LogP) is 3.32. The summed E-state index contributed by atoms with van der Waals surface area (Å²) in [5.41, 5.74) is 7.91. The summed E-state index contributed by atoms with van der Waals surface area (Å²) in [7, 11) is 0. The Bertz CT molecular complexity index is 738. The molecule has 0 atom stereocenters. The fraction of sp³-hybridized carbons (Fsp3) is 0.0625. The van der Waals surface area contributed by atoms with E-state index in [0.717, 1.165) is 12.2 Å². The summed E-state index contributed by atoms with van der Waals surface area (Å²) in [6.07, 6.45) is 2.01. The van der Waals surface area contributed by atoms with E-state index >= 15 is 0 Å². The van der Waals surface area contributed by atoms with Gasteiger partial charge in [0.05, 0.1) is 5.69 Å². The van der Waals surface area contributed by atoms with Gasteiger partial charge in [-0.3, -0.25) is 0 Å². The Kier molecular flexibility index (Phi) is 3.05. The zero-order valence-electron chi connectivity index (χ0n) is 10.4. The highest BCUT2D eigenvalue weighted by atomic mass is 32.1. The molecule has 2 aromatic carbocycles. The Labute approximate surface area is 117 Å². The van der Waals surface area contributed by atoms with Crippen LogP contribution in [0.15, 0.2) is 60.8 Å². The molecule has 3 heteroatoms. The molecular weight excluding hydrogens is 252 g/mol. The molecule has 94 valence electrons. The average molecular weight is 266 g/mol. The maximum Gasteiger partial charge on any atom is 0.120 e. The van der Waals surface area contributed by atoms with Gasteiger partial charge in [-0.1, -0.05) is 54.7 Å². The number of nitrogens with two attached hydrogens (primary N) is 1. The first kappa shape index (κ1) is 11.9. The molecule has 3 rings (SSSR count). The van der Waals surface area contributed by atoms with Crippen LogP contribution in [-0.4, -0.2) is 9.56 Å². The number of hydrogen-bond donors (Lipinski definition) is 1. The van der Waals surface area contributed by atoms with E-state index in [1.165, 1.54) is 16.3 Å². The number of hydrogen-bond acceptors (Lipinski definition) is 1. The van der Waals surface area contributed by atoms with Crippen molar-refractivity contribution < 1.29 is 0 Å². The van der Waals surface area contributed by atoms with Crippen LogP contribution in [0.25, 0.3) is 10.8 Å². The lowest BCUT2D eigenvalue weighted by Gasteiger charge is -2.10. The molecule has 1 heterocycles. The van der Waals surface area contributed by atoms with Gasteiger partial charge in [0.2, 0.25) is 0 Å². The molecule has 0 unspecified atom stereocenters. The first-order valence-electron chi connectivity index (χ1n) is 6.17. The zero-order valence-corrected chi connectivity index (χ0v) is 11.2. The van der Waals surface area contributed by atoms with E-state index in [1.54, 1.807) is 0 Å². The molecule has 1 aromatic heterocycles.